The summed E-state index contributed by atoms with van der Waals surface area (Å²) in [6, 6.07) is 8.16. The molecule has 0 aliphatic carbocycles. The van der Waals surface area contributed by atoms with E-state index in [0.717, 1.165) is 11.0 Å². The second-order valence-corrected chi connectivity index (χ2v) is 6.08. The Balaban J connectivity index is 2.65. The smallest absolute Gasteiger partial charge is 0.0767 e. The molecule has 0 bridgehead atoms. The molecule has 0 saturated heterocycles. The van der Waals surface area contributed by atoms with Crippen molar-refractivity contribution < 1.29 is 5.11 Å². The third-order valence-corrected chi connectivity index (χ3v) is 3.65. The third kappa shape index (κ3) is 3.58. The second kappa shape index (κ2) is 4.86. The van der Waals surface area contributed by atoms with Crippen LogP contribution in [0.25, 0.3) is 0 Å². The van der Waals surface area contributed by atoms with E-state index in [1.54, 1.807) is 0 Å². The van der Waals surface area contributed by atoms with Gasteiger partial charge in [0, 0.05) is 16.6 Å². The summed E-state index contributed by atoms with van der Waals surface area (Å²) >= 11 is 3.44. The number of halogens is 1. The molecule has 1 aromatic carbocycles. The maximum Gasteiger partial charge on any atom is 0.0767 e. The summed E-state index contributed by atoms with van der Waals surface area (Å²) in [4.78, 5) is 0. The highest BCUT2D eigenvalue weighted by Crippen LogP contribution is 2.21. The van der Waals surface area contributed by atoms with Crippen molar-refractivity contribution in [2.24, 2.45) is 0 Å². The van der Waals surface area contributed by atoms with Crippen LogP contribution in [0.1, 0.15) is 33.3 Å². The molecule has 16 heavy (non-hydrogen) atoms. The van der Waals surface area contributed by atoms with Crippen LogP contribution in [-0.4, -0.2) is 16.2 Å². The maximum atomic E-state index is 10.0. The van der Waals surface area contributed by atoms with E-state index in [0.29, 0.717) is 0 Å². The van der Waals surface area contributed by atoms with Crippen molar-refractivity contribution in [3.8, 4) is 0 Å². The van der Waals surface area contributed by atoms with Crippen molar-refractivity contribution in [3.63, 3.8) is 0 Å². The van der Waals surface area contributed by atoms with Crippen LogP contribution >= 0.6 is 15.9 Å². The minimum atomic E-state index is -0.751. The summed E-state index contributed by atoms with van der Waals surface area (Å²) in [5.41, 5.74) is 0.126. The molecule has 0 aliphatic heterocycles. The Hall–Kier alpha value is -0.380. The summed E-state index contributed by atoms with van der Waals surface area (Å²) in [7, 11) is 0. The average molecular weight is 286 g/mol. The zero-order chi connectivity index (χ0) is 12.4. The van der Waals surface area contributed by atoms with Gasteiger partial charge in [-0.3, -0.25) is 0 Å². The number of rotatable bonds is 4. The molecule has 0 spiro atoms. The van der Waals surface area contributed by atoms with Gasteiger partial charge in [0.25, 0.3) is 0 Å². The summed E-state index contributed by atoms with van der Waals surface area (Å²) in [5, 5.41) is 13.4. The Morgan fingerprint density at radius 1 is 1.25 bits per heavy atom. The zero-order valence-corrected chi connectivity index (χ0v) is 11.9. The molecule has 2 nitrogen and oxygen atoms in total. The summed E-state index contributed by atoms with van der Waals surface area (Å²) < 4.78 is 1.08. The largest absolute Gasteiger partial charge is 0.389 e. The van der Waals surface area contributed by atoms with E-state index in [1.165, 1.54) is 5.56 Å². The minimum absolute atomic E-state index is 0.324. The fourth-order valence-electron chi connectivity index (χ4n) is 1.19. The van der Waals surface area contributed by atoms with Gasteiger partial charge >= 0.3 is 0 Å². The van der Waals surface area contributed by atoms with Crippen LogP contribution in [0.2, 0.25) is 0 Å². The quantitative estimate of drug-likeness (QED) is 0.891. The fourth-order valence-corrected chi connectivity index (χ4v) is 1.63. The van der Waals surface area contributed by atoms with E-state index in [-0.39, 0.29) is 5.54 Å². The fraction of sp³-hybridized carbons (Fsp3) is 0.538. The number of hydrogen-bond donors (Lipinski definition) is 2. The maximum absolute atomic E-state index is 10.0. The minimum Gasteiger partial charge on any atom is -0.389 e. The van der Waals surface area contributed by atoms with Gasteiger partial charge in [-0.05, 0) is 45.4 Å². The number of hydrogen-bond acceptors (Lipinski definition) is 2. The second-order valence-electron chi connectivity index (χ2n) is 5.17. The van der Waals surface area contributed by atoms with Crippen LogP contribution in [0, 0.1) is 0 Å². The van der Waals surface area contributed by atoms with Crippen molar-refractivity contribution in [2.45, 2.75) is 45.4 Å². The zero-order valence-electron chi connectivity index (χ0n) is 10.3. The Kier molecular flexibility index (Phi) is 4.16. The van der Waals surface area contributed by atoms with E-state index < -0.39 is 5.60 Å². The van der Waals surface area contributed by atoms with Gasteiger partial charge in [0.15, 0.2) is 0 Å². The molecule has 0 aromatic heterocycles. The first-order valence-electron chi connectivity index (χ1n) is 5.44. The van der Waals surface area contributed by atoms with E-state index in [9.17, 15) is 5.11 Å². The summed E-state index contributed by atoms with van der Waals surface area (Å²) in [5.74, 6) is 0. The molecule has 0 unspecified atom stereocenters. The Labute approximate surface area is 106 Å². The predicted molar refractivity (Wildman–Crippen MR) is 71.4 cm³/mol. The van der Waals surface area contributed by atoms with E-state index in [4.69, 9.17) is 0 Å². The lowest BCUT2D eigenvalue weighted by Crippen LogP contribution is -2.55. The topological polar surface area (TPSA) is 32.3 Å². The van der Waals surface area contributed by atoms with Crippen molar-refractivity contribution in [3.05, 3.63) is 34.3 Å². The van der Waals surface area contributed by atoms with E-state index in [2.05, 4.69) is 33.4 Å². The van der Waals surface area contributed by atoms with Gasteiger partial charge in [-0.2, -0.15) is 0 Å². The molecular formula is C13H20BrNO. The van der Waals surface area contributed by atoms with E-state index in [1.807, 2.05) is 39.8 Å². The lowest BCUT2D eigenvalue weighted by molar-refractivity contribution is -0.00531. The van der Waals surface area contributed by atoms with Crippen LogP contribution < -0.4 is 5.32 Å². The average Bonchev–Trinajstić information content (AvgIpc) is 2.13. The number of aliphatic hydroxyl groups is 1. The van der Waals surface area contributed by atoms with Crippen LogP contribution in [0.3, 0.4) is 0 Å². The monoisotopic (exact) mass is 285 g/mol. The van der Waals surface area contributed by atoms with Gasteiger partial charge in [-0.15, -0.1) is 0 Å². The molecule has 3 heteroatoms. The van der Waals surface area contributed by atoms with E-state index >= 15 is 0 Å². The SMILES string of the molecule is CC(C)(O)C(C)(C)NCc1cccc(Br)c1. The summed E-state index contributed by atoms with van der Waals surface area (Å²) in [6.07, 6.45) is 0. The lowest BCUT2D eigenvalue weighted by Gasteiger charge is -2.38. The van der Waals surface area contributed by atoms with Crippen molar-refractivity contribution >= 4 is 15.9 Å². The predicted octanol–water partition coefficient (Wildman–Crippen LogP) is 3.09. The van der Waals surface area contributed by atoms with Crippen LogP contribution in [0.5, 0.6) is 0 Å². The van der Waals surface area contributed by atoms with Crippen molar-refractivity contribution in [1.82, 2.24) is 5.32 Å². The molecule has 0 radical (unpaired) electrons. The highest BCUT2D eigenvalue weighted by molar-refractivity contribution is 9.10. The molecule has 0 saturated carbocycles. The van der Waals surface area contributed by atoms with Crippen LogP contribution in [0.15, 0.2) is 28.7 Å². The molecule has 1 aromatic rings. The van der Waals surface area contributed by atoms with Gasteiger partial charge in [-0.25, -0.2) is 0 Å². The Bertz CT molecular complexity index is 355. The number of benzene rings is 1. The molecule has 1 rings (SSSR count). The first kappa shape index (κ1) is 13.7. The van der Waals surface area contributed by atoms with Crippen LogP contribution in [0.4, 0.5) is 0 Å². The first-order valence-corrected chi connectivity index (χ1v) is 6.23. The van der Waals surface area contributed by atoms with Crippen molar-refractivity contribution in [2.75, 3.05) is 0 Å². The van der Waals surface area contributed by atoms with Gasteiger partial charge in [0.1, 0.15) is 0 Å². The standard InChI is InChI=1S/C13H20BrNO/c1-12(2,13(3,4)16)15-9-10-6-5-7-11(14)8-10/h5-8,15-16H,9H2,1-4H3. The molecule has 0 heterocycles. The normalized spacial score (nSPS) is 12.9. The van der Waals surface area contributed by atoms with Gasteiger partial charge in [-0.1, -0.05) is 28.1 Å². The van der Waals surface area contributed by atoms with Gasteiger partial charge < -0.3 is 10.4 Å². The molecule has 0 aliphatic rings. The highest BCUT2D eigenvalue weighted by Gasteiger charge is 2.34. The molecule has 2 N–H and O–H groups in total. The molecule has 90 valence electrons. The highest BCUT2D eigenvalue weighted by atomic mass is 79.9. The first-order chi connectivity index (χ1) is 7.22. The van der Waals surface area contributed by atoms with Crippen LogP contribution in [-0.2, 0) is 6.54 Å². The molecule has 0 amide bonds. The third-order valence-electron chi connectivity index (χ3n) is 3.15. The Morgan fingerprint density at radius 2 is 1.88 bits per heavy atom. The summed E-state index contributed by atoms with van der Waals surface area (Å²) in [6.45, 7) is 8.40. The molecule has 0 atom stereocenters. The van der Waals surface area contributed by atoms with Gasteiger partial charge in [0.2, 0.25) is 0 Å². The number of nitrogens with one attached hydrogen (secondary N) is 1. The lowest BCUT2D eigenvalue weighted by atomic mass is 9.86. The van der Waals surface area contributed by atoms with Gasteiger partial charge in [0.05, 0.1) is 5.60 Å². The molecule has 0 fully saturated rings. The van der Waals surface area contributed by atoms with Crippen molar-refractivity contribution in [1.29, 1.82) is 0 Å². The Morgan fingerprint density at radius 3 is 2.38 bits per heavy atom. The molecular weight excluding hydrogens is 266 g/mol.